The highest BCUT2D eigenvalue weighted by Gasteiger charge is 2.30. The third kappa shape index (κ3) is 1.84. The van der Waals surface area contributed by atoms with Crippen LogP contribution >= 0.6 is 0 Å². The van der Waals surface area contributed by atoms with Crippen molar-refractivity contribution in [2.24, 2.45) is 0 Å². The smallest absolute Gasteiger partial charge is 0.355 e. The maximum Gasteiger partial charge on any atom is 0.355 e. The Balaban J connectivity index is 1.81. The quantitative estimate of drug-likeness (QED) is 0.817. The number of benzene rings is 1. The van der Waals surface area contributed by atoms with Crippen molar-refractivity contribution in [3.63, 3.8) is 0 Å². The molecular formula is C13H11NO4. The molecule has 1 fully saturated rings. The summed E-state index contributed by atoms with van der Waals surface area (Å²) >= 11 is 0. The van der Waals surface area contributed by atoms with Gasteiger partial charge in [0.05, 0.1) is 6.61 Å². The highest BCUT2D eigenvalue weighted by molar-refractivity contribution is 5.95. The van der Waals surface area contributed by atoms with Gasteiger partial charge in [-0.2, -0.15) is 0 Å². The predicted molar refractivity (Wildman–Crippen MR) is 63.1 cm³/mol. The first-order valence-corrected chi connectivity index (χ1v) is 5.69. The van der Waals surface area contributed by atoms with Gasteiger partial charge in [0.25, 0.3) is 0 Å². The number of rotatable bonds is 2. The van der Waals surface area contributed by atoms with E-state index in [9.17, 15) is 9.59 Å². The van der Waals surface area contributed by atoms with Crippen molar-refractivity contribution in [2.75, 3.05) is 6.61 Å². The largest absolute Gasteiger partial charge is 0.463 e. The molecule has 1 aromatic heterocycles. The maximum absolute atomic E-state index is 11.9. The molecule has 5 nitrogen and oxygen atoms in total. The molecule has 3 rings (SSSR count). The number of H-pyrrole nitrogens is 1. The molecule has 18 heavy (non-hydrogen) atoms. The van der Waals surface area contributed by atoms with E-state index in [0.29, 0.717) is 18.7 Å². The van der Waals surface area contributed by atoms with E-state index in [2.05, 4.69) is 4.98 Å². The number of carbonyl (C=O) groups excluding carboxylic acids is 2. The molecule has 0 spiro atoms. The Labute approximate surface area is 103 Å². The van der Waals surface area contributed by atoms with E-state index in [-0.39, 0.29) is 0 Å². The number of esters is 2. The van der Waals surface area contributed by atoms with Crippen molar-refractivity contribution < 1.29 is 19.1 Å². The highest BCUT2D eigenvalue weighted by Crippen LogP contribution is 2.17. The van der Waals surface area contributed by atoms with Crippen molar-refractivity contribution in [3.8, 4) is 0 Å². The first-order valence-electron chi connectivity index (χ1n) is 5.69. The van der Waals surface area contributed by atoms with Gasteiger partial charge in [-0.1, -0.05) is 18.2 Å². The number of hydrogen-bond acceptors (Lipinski definition) is 4. The molecule has 1 atom stereocenters. The Kier molecular flexibility index (Phi) is 2.51. The second kappa shape index (κ2) is 4.18. The minimum atomic E-state index is -0.774. The Bertz CT molecular complexity index is 583. The Morgan fingerprint density at radius 2 is 2.22 bits per heavy atom. The second-order valence-corrected chi connectivity index (χ2v) is 4.12. The first-order chi connectivity index (χ1) is 8.74. The summed E-state index contributed by atoms with van der Waals surface area (Å²) in [5.41, 5.74) is 1.20. The standard InChI is InChI=1S/C13H11NO4/c15-12(18-11-5-6-17-13(11)16)10-7-8-3-1-2-4-9(8)14-10/h1-4,7,11,14H,5-6H2/t11-/m1/s1. The summed E-state index contributed by atoms with van der Waals surface area (Å²) in [6.07, 6.45) is -0.353. The van der Waals surface area contributed by atoms with Gasteiger partial charge in [0.15, 0.2) is 0 Å². The van der Waals surface area contributed by atoms with Gasteiger partial charge in [-0.25, -0.2) is 9.59 Å². The topological polar surface area (TPSA) is 68.4 Å². The number of para-hydroxylation sites is 1. The van der Waals surface area contributed by atoms with Gasteiger partial charge in [0.2, 0.25) is 6.10 Å². The lowest BCUT2D eigenvalue weighted by Gasteiger charge is -2.06. The van der Waals surface area contributed by atoms with E-state index in [1.54, 1.807) is 6.07 Å². The number of ether oxygens (including phenoxy) is 2. The van der Waals surface area contributed by atoms with E-state index >= 15 is 0 Å². The van der Waals surface area contributed by atoms with Crippen LogP contribution in [0.1, 0.15) is 16.9 Å². The van der Waals surface area contributed by atoms with Crippen LogP contribution < -0.4 is 0 Å². The van der Waals surface area contributed by atoms with Crippen LogP contribution in [-0.4, -0.2) is 29.6 Å². The minimum Gasteiger partial charge on any atom is -0.463 e. The zero-order valence-corrected chi connectivity index (χ0v) is 9.51. The van der Waals surface area contributed by atoms with Crippen LogP contribution in [0.15, 0.2) is 30.3 Å². The second-order valence-electron chi connectivity index (χ2n) is 4.12. The molecule has 0 radical (unpaired) electrons. The molecule has 2 aromatic rings. The van der Waals surface area contributed by atoms with Crippen molar-refractivity contribution >= 4 is 22.8 Å². The SMILES string of the molecule is O=C(O[C@@H]1CCOC1=O)c1cc2ccccc2[nH]1. The summed E-state index contributed by atoms with van der Waals surface area (Å²) in [6.45, 7) is 0.309. The summed E-state index contributed by atoms with van der Waals surface area (Å²) in [6, 6.07) is 9.24. The minimum absolute atomic E-state index is 0.309. The van der Waals surface area contributed by atoms with Gasteiger partial charge in [0, 0.05) is 17.3 Å². The number of carbonyl (C=O) groups is 2. The third-order valence-electron chi connectivity index (χ3n) is 2.89. The Morgan fingerprint density at radius 1 is 1.39 bits per heavy atom. The molecule has 0 bridgehead atoms. The summed E-state index contributed by atoms with van der Waals surface area (Å²) in [5.74, 6) is -1.01. The maximum atomic E-state index is 11.9. The summed E-state index contributed by atoms with van der Waals surface area (Å²) in [7, 11) is 0. The number of cyclic esters (lactones) is 1. The first kappa shape index (κ1) is 10.8. The molecule has 92 valence electrons. The molecule has 5 heteroatoms. The molecule has 0 unspecified atom stereocenters. The molecule has 1 saturated heterocycles. The van der Waals surface area contributed by atoms with Crippen LogP contribution in [0.5, 0.6) is 0 Å². The predicted octanol–water partition coefficient (Wildman–Crippen LogP) is 1.64. The van der Waals surface area contributed by atoms with Gasteiger partial charge in [-0.05, 0) is 12.1 Å². The fourth-order valence-electron chi connectivity index (χ4n) is 1.96. The average molecular weight is 245 g/mol. The van der Waals surface area contributed by atoms with Crippen molar-refractivity contribution in [3.05, 3.63) is 36.0 Å². The van der Waals surface area contributed by atoms with Crippen molar-refractivity contribution in [1.29, 1.82) is 0 Å². The van der Waals surface area contributed by atoms with Crippen LogP contribution in [0.4, 0.5) is 0 Å². The van der Waals surface area contributed by atoms with Crippen LogP contribution in [0.2, 0.25) is 0 Å². The van der Waals surface area contributed by atoms with Gasteiger partial charge < -0.3 is 14.5 Å². The summed E-state index contributed by atoms with van der Waals surface area (Å²) in [5, 5.41) is 0.929. The van der Waals surface area contributed by atoms with Crippen molar-refractivity contribution in [2.45, 2.75) is 12.5 Å². The molecule has 0 aliphatic carbocycles. The van der Waals surface area contributed by atoms with Crippen molar-refractivity contribution in [1.82, 2.24) is 4.98 Å². The van der Waals surface area contributed by atoms with Crippen LogP contribution in [-0.2, 0) is 14.3 Å². The van der Waals surface area contributed by atoms with Gasteiger partial charge in [-0.3, -0.25) is 0 Å². The monoisotopic (exact) mass is 245 g/mol. The van der Waals surface area contributed by atoms with E-state index in [0.717, 1.165) is 10.9 Å². The van der Waals surface area contributed by atoms with Crippen LogP contribution in [0.3, 0.4) is 0 Å². The molecule has 1 aromatic carbocycles. The van der Waals surface area contributed by atoms with Crippen LogP contribution in [0, 0.1) is 0 Å². The Morgan fingerprint density at radius 3 is 2.94 bits per heavy atom. The summed E-state index contributed by atoms with van der Waals surface area (Å²) < 4.78 is 9.83. The van der Waals surface area contributed by atoms with Gasteiger partial charge >= 0.3 is 11.9 Å². The Hall–Kier alpha value is -2.30. The third-order valence-corrected chi connectivity index (χ3v) is 2.89. The normalized spacial score (nSPS) is 18.9. The lowest BCUT2D eigenvalue weighted by molar-refractivity contribution is -0.145. The van der Waals surface area contributed by atoms with Crippen LogP contribution in [0.25, 0.3) is 10.9 Å². The van der Waals surface area contributed by atoms with E-state index < -0.39 is 18.0 Å². The zero-order valence-electron chi connectivity index (χ0n) is 9.51. The highest BCUT2D eigenvalue weighted by atomic mass is 16.6. The number of aromatic nitrogens is 1. The average Bonchev–Trinajstić information content (AvgIpc) is 2.96. The fraction of sp³-hybridized carbons (Fsp3) is 0.231. The molecular weight excluding hydrogens is 234 g/mol. The molecule has 2 heterocycles. The summed E-state index contributed by atoms with van der Waals surface area (Å²) in [4.78, 5) is 26.0. The fourth-order valence-corrected chi connectivity index (χ4v) is 1.96. The lowest BCUT2D eigenvalue weighted by atomic mass is 10.2. The number of fused-ring (bicyclic) bond motifs is 1. The number of aromatic amines is 1. The van der Waals surface area contributed by atoms with E-state index in [1.165, 1.54) is 0 Å². The molecule has 0 amide bonds. The van der Waals surface area contributed by atoms with E-state index in [4.69, 9.17) is 9.47 Å². The zero-order chi connectivity index (χ0) is 12.5. The molecule has 1 aliphatic heterocycles. The number of nitrogens with one attached hydrogen (secondary N) is 1. The molecule has 0 saturated carbocycles. The lowest BCUT2D eigenvalue weighted by Crippen LogP contribution is -2.22. The number of hydrogen-bond donors (Lipinski definition) is 1. The van der Waals surface area contributed by atoms with Gasteiger partial charge in [0.1, 0.15) is 5.69 Å². The molecule has 1 aliphatic rings. The van der Waals surface area contributed by atoms with Gasteiger partial charge in [-0.15, -0.1) is 0 Å². The van der Waals surface area contributed by atoms with E-state index in [1.807, 2.05) is 24.3 Å². The molecule has 1 N–H and O–H groups in total.